The first-order valence-corrected chi connectivity index (χ1v) is 7.24. The molecule has 5 nitrogen and oxygen atoms in total. The maximum absolute atomic E-state index is 11.9. The zero-order chi connectivity index (χ0) is 15.2. The van der Waals surface area contributed by atoms with Gasteiger partial charge in [-0.05, 0) is 38.0 Å². The number of methoxy groups -OCH3 is 1. The van der Waals surface area contributed by atoms with Gasteiger partial charge in [0.1, 0.15) is 5.75 Å². The normalized spacial score (nSPS) is 18.2. The molecule has 0 saturated carbocycles. The van der Waals surface area contributed by atoms with Crippen LogP contribution in [0, 0.1) is 5.92 Å². The molecule has 1 saturated heterocycles. The van der Waals surface area contributed by atoms with E-state index in [1.165, 1.54) is 0 Å². The van der Waals surface area contributed by atoms with E-state index >= 15 is 0 Å². The molecule has 21 heavy (non-hydrogen) atoms. The van der Waals surface area contributed by atoms with Crippen molar-refractivity contribution in [1.82, 2.24) is 0 Å². The quantitative estimate of drug-likeness (QED) is 0.615. The second-order valence-corrected chi connectivity index (χ2v) is 5.08. The highest BCUT2D eigenvalue weighted by molar-refractivity contribution is 5.82. The predicted molar refractivity (Wildman–Crippen MR) is 80.0 cm³/mol. The molecule has 1 atom stereocenters. The fourth-order valence-corrected chi connectivity index (χ4v) is 2.67. The Bertz CT molecular complexity index is 515. The van der Waals surface area contributed by atoms with Crippen molar-refractivity contribution in [3.8, 4) is 5.75 Å². The molecule has 5 heteroatoms. The van der Waals surface area contributed by atoms with Crippen molar-refractivity contribution in [3.05, 3.63) is 23.8 Å². The number of rotatable bonds is 5. The minimum absolute atomic E-state index is 0.0968. The lowest BCUT2D eigenvalue weighted by molar-refractivity contribution is -0.148. The Kier molecular flexibility index (Phi) is 5.20. The average Bonchev–Trinajstić information content (AvgIpc) is 2.54. The Labute approximate surface area is 124 Å². The van der Waals surface area contributed by atoms with Crippen molar-refractivity contribution in [1.29, 1.82) is 0 Å². The lowest BCUT2D eigenvalue weighted by Gasteiger charge is -2.33. The summed E-state index contributed by atoms with van der Waals surface area (Å²) in [5.41, 5.74) is 1.46. The van der Waals surface area contributed by atoms with Crippen LogP contribution >= 0.6 is 0 Å². The number of aldehydes is 1. The summed E-state index contributed by atoms with van der Waals surface area (Å²) in [5.74, 6) is 0.333. The first kappa shape index (κ1) is 15.4. The number of benzene rings is 1. The number of esters is 1. The van der Waals surface area contributed by atoms with Crippen molar-refractivity contribution in [2.45, 2.75) is 19.8 Å². The van der Waals surface area contributed by atoms with Gasteiger partial charge in [0, 0.05) is 18.8 Å². The predicted octanol–water partition coefficient (Wildman–Crippen LogP) is 2.29. The molecule has 1 aliphatic rings. The summed E-state index contributed by atoms with van der Waals surface area (Å²) >= 11 is 0. The molecule has 0 aliphatic carbocycles. The summed E-state index contributed by atoms with van der Waals surface area (Å²) in [5, 5.41) is 0. The summed E-state index contributed by atoms with van der Waals surface area (Å²) in [6, 6.07) is 5.51. The molecule has 1 fully saturated rings. The smallest absolute Gasteiger partial charge is 0.310 e. The van der Waals surface area contributed by atoms with Crippen molar-refractivity contribution in [3.63, 3.8) is 0 Å². The molecule has 0 N–H and O–H groups in total. The van der Waals surface area contributed by atoms with Gasteiger partial charge in [0.05, 0.1) is 25.2 Å². The van der Waals surface area contributed by atoms with Crippen LogP contribution in [0.15, 0.2) is 18.2 Å². The highest BCUT2D eigenvalue weighted by Gasteiger charge is 2.27. The van der Waals surface area contributed by atoms with Crippen LogP contribution in [0.25, 0.3) is 0 Å². The summed E-state index contributed by atoms with van der Waals surface area (Å²) in [6.45, 7) is 3.73. The van der Waals surface area contributed by atoms with Gasteiger partial charge in [0.2, 0.25) is 0 Å². The van der Waals surface area contributed by atoms with Crippen molar-refractivity contribution < 1.29 is 19.1 Å². The van der Waals surface area contributed by atoms with Gasteiger partial charge < -0.3 is 14.4 Å². The Morgan fingerprint density at radius 1 is 1.48 bits per heavy atom. The molecule has 1 unspecified atom stereocenters. The minimum Gasteiger partial charge on any atom is -0.496 e. The molecule has 1 heterocycles. The largest absolute Gasteiger partial charge is 0.496 e. The number of anilines is 1. The molecule has 0 spiro atoms. The fourth-order valence-electron chi connectivity index (χ4n) is 2.67. The zero-order valence-electron chi connectivity index (χ0n) is 12.5. The van der Waals surface area contributed by atoms with Gasteiger partial charge in [0.25, 0.3) is 0 Å². The molecular formula is C16H21NO4. The number of piperidine rings is 1. The third-order valence-corrected chi connectivity index (χ3v) is 3.75. The summed E-state index contributed by atoms with van der Waals surface area (Å²) in [6.07, 6.45) is 2.58. The number of carbonyl (C=O) groups excluding carboxylic acids is 2. The highest BCUT2D eigenvalue weighted by atomic mass is 16.5. The first-order chi connectivity index (χ1) is 10.2. The van der Waals surface area contributed by atoms with Gasteiger partial charge in [-0.1, -0.05) is 0 Å². The molecule has 1 aliphatic heterocycles. The summed E-state index contributed by atoms with van der Waals surface area (Å²) in [4.78, 5) is 25.1. The lowest BCUT2D eigenvalue weighted by atomic mass is 9.97. The van der Waals surface area contributed by atoms with E-state index in [-0.39, 0.29) is 11.9 Å². The van der Waals surface area contributed by atoms with Crippen molar-refractivity contribution in [2.24, 2.45) is 5.92 Å². The summed E-state index contributed by atoms with van der Waals surface area (Å²) < 4.78 is 10.3. The van der Waals surface area contributed by atoms with Crippen LogP contribution in [-0.2, 0) is 9.53 Å². The van der Waals surface area contributed by atoms with Crippen LogP contribution in [0.2, 0.25) is 0 Å². The monoisotopic (exact) mass is 291 g/mol. The highest BCUT2D eigenvalue weighted by Crippen LogP contribution is 2.28. The molecule has 2 rings (SSSR count). The first-order valence-electron chi connectivity index (χ1n) is 7.24. The van der Waals surface area contributed by atoms with Gasteiger partial charge in [0.15, 0.2) is 6.29 Å². The van der Waals surface area contributed by atoms with E-state index in [9.17, 15) is 9.59 Å². The van der Waals surface area contributed by atoms with E-state index in [0.717, 1.165) is 31.4 Å². The van der Waals surface area contributed by atoms with Crippen LogP contribution in [0.1, 0.15) is 30.1 Å². The van der Waals surface area contributed by atoms with Crippen LogP contribution in [0.4, 0.5) is 5.69 Å². The van der Waals surface area contributed by atoms with Crippen LogP contribution in [0.5, 0.6) is 5.75 Å². The zero-order valence-corrected chi connectivity index (χ0v) is 12.5. The lowest BCUT2D eigenvalue weighted by Crippen LogP contribution is -2.39. The van der Waals surface area contributed by atoms with Gasteiger partial charge in [-0.15, -0.1) is 0 Å². The maximum atomic E-state index is 11.9. The van der Waals surface area contributed by atoms with Crippen LogP contribution < -0.4 is 9.64 Å². The Morgan fingerprint density at radius 2 is 2.29 bits per heavy atom. The second-order valence-electron chi connectivity index (χ2n) is 5.08. The summed E-state index contributed by atoms with van der Waals surface area (Å²) in [7, 11) is 1.54. The van der Waals surface area contributed by atoms with E-state index in [1.807, 2.05) is 13.0 Å². The topological polar surface area (TPSA) is 55.8 Å². The Balaban J connectivity index is 2.14. The molecule has 0 aromatic heterocycles. The van der Waals surface area contributed by atoms with E-state index in [4.69, 9.17) is 9.47 Å². The Morgan fingerprint density at radius 3 is 2.95 bits per heavy atom. The molecule has 0 bridgehead atoms. The average molecular weight is 291 g/mol. The number of ether oxygens (including phenoxy) is 2. The van der Waals surface area contributed by atoms with Gasteiger partial charge in [-0.3, -0.25) is 9.59 Å². The van der Waals surface area contributed by atoms with Gasteiger partial charge >= 0.3 is 5.97 Å². The van der Waals surface area contributed by atoms with E-state index < -0.39 is 0 Å². The minimum atomic E-state index is -0.133. The van der Waals surface area contributed by atoms with Crippen molar-refractivity contribution >= 4 is 17.9 Å². The molecule has 0 amide bonds. The molecule has 0 radical (unpaired) electrons. The Hall–Kier alpha value is -2.04. The second kappa shape index (κ2) is 7.11. The molecule has 1 aromatic carbocycles. The molecule has 114 valence electrons. The number of nitrogens with zero attached hydrogens (tertiary/aromatic N) is 1. The van der Waals surface area contributed by atoms with Gasteiger partial charge in [-0.25, -0.2) is 0 Å². The third-order valence-electron chi connectivity index (χ3n) is 3.75. The van der Waals surface area contributed by atoms with E-state index in [2.05, 4.69) is 4.90 Å². The number of hydrogen-bond donors (Lipinski definition) is 0. The number of hydrogen-bond acceptors (Lipinski definition) is 5. The standard InChI is InChI=1S/C16H21NO4/c1-3-21-16(19)12-5-4-8-17(10-12)14-6-7-15(20-2)13(9-14)11-18/h6-7,9,11-12H,3-5,8,10H2,1-2H3. The SMILES string of the molecule is CCOC(=O)C1CCCN(c2ccc(OC)c(C=O)c2)C1. The van der Waals surface area contributed by atoms with E-state index in [0.29, 0.717) is 24.5 Å². The number of carbonyl (C=O) groups is 2. The fraction of sp³-hybridized carbons (Fsp3) is 0.500. The van der Waals surface area contributed by atoms with Crippen LogP contribution in [-0.4, -0.2) is 39.1 Å². The maximum Gasteiger partial charge on any atom is 0.310 e. The molecule has 1 aromatic rings. The van der Waals surface area contributed by atoms with E-state index in [1.54, 1.807) is 19.2 Å². The van der Waals surface area contributed by atoms with Gasteiger partial charge in [-0.2, -0.15) is 0 Å². The van der Waals surface area contributed by atoms with Crippen molar-refractivity contribution in [2.75, 3.05) is 31.7 Å². The molecular weight excluding hydrogens is 270 g/mol. The third kappa shape index (κ3) is 3.54. The van der Waals surface area contributed by atoms with Crippen LogP contribution in [0.3, 0.4) is 0 Å².